The van der Waals surface area contributed by atoms with Gasteiger partial charge in [-0.3, -0.25) is 4.98 Å². The van der Waals surface area contributed by atoms with E-state index < -0.39 is 11.1 Å². The number of pyridine rings is 1. The third kappa shape index (κ3) is 2.74. The van der Waals surface area contributed by atoms with Crippen molar-refractivity contribution in [2.75, 3.05) is 0 Å². The third-order valence-corrected chi connectivity index (χ3v) is 2.79. The summed E-state index contributed by atoms with van der Waals surface area (Å²) in [6.45, 7) is 0. The van der Waals surface area contributed by atoms with Crippen LogP contribution >= 0.6 is 0 Å². The van der Waals surface area contributed by atoms with Crippen molar-refractivity contribution in [2.45, 2.75) is 5.75 Å². The fourth-order valence-electron chi connectivity index (χ4n) is 1.45. The highest BCUT2D eigenvalue weighted by Crippen LogP contribution is 2.17. The molecule has 0 saturated heterocycles. The first kappa shape index (κ1) is 11.0. The summed E-state index contributed by atoms with van der Waals surface area (Å²) in [6, 6.07) is 13.2. The lowest BCUT2D eigenvalue weighted by atomic mass is 10.1. The molecule has 2 rings (SSSR count). The third-order valence-electron chi connectivity index (χ3n) is 2.20. The van der Waals surface area contributed by atoms with Gasteiger partial charge in [-0.2, -0.15) is 0 Å². The highest BCUT2D eigenvalue weighted by Gasteiger charge is 2.00. The van der Waals surface area contributed by atoms with Crippen molar-refractivity contribution in [3.05, 3.63) is 54.2 Å². The molecule has 0 aliphatic heterocycles. The maximum atomic E-state index is 10.6. The first-order valence-electron chi connectivity index (χ1n) is 4.83. The van der Waals surface area contributed by atoms with Gasteiger partial charge >= 0.3 is 0 Å². The van der Waals surface area contributed by atoms with Crippen LogP contribution in [-0.4, -0.2) is 13.7 Å². The number of hydrogen-bond acceptors (Lipinski definition) is 2. The Morgan fingerprint density at radius 2 is 1.88 bits per heavy atom. The van der Waals surface area contributed by atoms with Crippen LogP contribution in [0.4, 0.5) is 0 Å². The summed E-state index contributed by atoms with van der Waals surface area (Å²) < 4.78 is 19.4. The monoisotopic (exact) mass is 233 g/mol. The zero-order valence-electron chi connectivity index (χ0n) is 8.54. The first-order chi connectivity index (χ1) is 7.75. The van der Waals surface area contributed by atoms with Gasteiger partial charge in [0.15, 0.2) is 11.1 Å². The quantitative estimate of drug-likeness (QED) is 0.828. The number of aromatic nitrogens is 1. The van der Waals surface area contributed by atoms with Gasteiger partial charge in [0.05, 0.1) is 11.4 Å². The van der Waals surface area contributed by atoms with E-state index in [0.717, 1.165) is 16.8 Å². The van der Waals surface area contributed by atoms with E-state index in [2.05, 4.69) is 4.98 Å². The molecule has 0 aliphatic rings. The minimum absolute atomic E-state index is 0.169. The summed E-state index contributed by atoms with van der Waals surface area (Å²) >= 11 is -1.78. The minimum atomic E-state index is -1.78. The smallest absolute Gasteiger partial charge is 0.157 e. The normalized spacial score (nSPS) is 12.3. The van der Waals surface area contributed by atoms with Crippen LogP contribution in [0.15, 0.2) is 48.7 Å². The molecular weight excluding hydrogens is 222 g/mol. The van der Waals surface area contributed by atoms with Crippen LogP contribution in [0.2, 0.25) is 0 Å². The zero-order valence-corrected chi connectivity index (χ0v) is 9.35. The Bertz CT molecular complexity index is 482. The van der Waals surface area contributed by atoms with Gasteiger partial charge in [0.2, 0.25) is 0 Å². The predicted molar refractivity (Wildman–Crippen MR) is 64.1 cm³/mol. The lowest BCUT2D eigenvalue weighted by molar-refractivity contribution is 0.563. The Morgan fingerprint density at radius 1 is 1.12 bits per heavy atom. The largest absolute Gasteiger partial charge is 0.306 e. The highest BCUT2D eigenvalue weighted by molar-refractivity contribution is 7.78. The lowest BCUT2D eigenvalue weighted by Crippen LogP contribution is -1.92. The molecule has 1 aromatic carbocycles. The topological polar surface area (TPSA) is 50.2 Å². The van der Waals surface area contributed by atoms with Crippen LogP contribution in [0.3, 0.4) is 0 Å². The van der Waals surface area contributed by atoms with Crippen molar-refractivity contribution in [1.29, 1.82) is 0 Å². The zero-order chi connectivity index (χ0) is 11.4. The summed E-state index contributed by atoms with van der Waals surface area (Å²) in [5, 5.41) is 0. The van der Waals surface area contributed by atoms with Gasteiger partial charge in [0, 0.05) is 11.8 Å². The average Bonchev–Trinajstić information content (AvgIpc) is 2.30. The lowest BCUT2D eigenvalue weighted by Gasteiger charge is -2.01. The summed E-state index contributed by atoms with van der Waals surface area (Å²) in [5.74, 6) is 0.169. The maximum absolute atomic E-state index is 10.6. The molecular formula is C12H11NO2S. The molecule has 0 radical (unpaired) electrons. The molecule has 0 spiro atoms. The van der Waals surface area contributed by atoms with Crippen molar-refractivity contribution < 1.29 is 8.76 Å². The van der Waals surface area contributed by atoms with E-state index in [-0.39, 0.29) is 5.75 Å². The Morgan fingerprint density at radius 3 is 2.44 bits per heavy atom. The molecule has 0 fully saturated rings. The second kappa shape index (κ2) is 5.01. The van der Waals surface area contributed by atoms with Crippen LogP contribution in [0.25, 0.3) is 11.3 Å². The summed E-state index contributed by atoms with van der Waals surface area (Å²) in [5.41, 5.74) is 2.76. The van der Waals surface area contributed by atoms with Gasteiger partial charge in [-0.05, 0) is 17.7 Å². The van der Waals surface area contributed by atoms with E-state index in [1.807, 2.05) is 42.5 Å². The van der Waals surface area contributed by atoms with Crippen LogP contribution in [0, 0.1) is 0 Å². The van der Waals surface area contributed by atoms with Gasteiger partial charge in [-0.25, -0.2) is 4.21 Å². The Hall–Kier alpha value is -1.52. The molecule has 1 atom stereocenters. The number of hydrogen-bond donors (Lipinski definition) is 1. The molecule has 1 unspecified atom stereocenters. The second-order valence-corrected chi connectivity index (χ2v) is 4.31. The number of rotatable bonds is 3. The summed E-state index contributed by atoms with van der Waals surface area (Å²) in [6.07, 6.45) is 1.74. The molecule has 1 heterocycles. The molecule has 0 aliphatic carbocycles. The molecule has 2 aromatic rings. The molecule has 0 saturated carbocycles. The molecule has 0 bridgehead atoms. The number of benzene rings is 1. The van der Waals surface area contributed by atoms with Crippen molar-refractivity contribution in [3.63, 3.8) is 0 Å². The molecule has 1 aromatic heterocycles. The molecule has 4 heteroatoms. The second-order valence-electron chi connectivity index (χ2n) is 3.38. The van der Waals surface area contributed by atoms with Crippen molar-refractivity contribution in [2.24, 2.45) is 0 Å². The summed E-state index contributed by atoms with van der Waals surface area (Å²) in [7, 11) is 0. The predicted octanol–water partition coefficient (Wildman–Crippen LogP) is 2.47. The minimum Gasteiger partial charge on any atom is -0.306 e. The van der Waals surface area contributed by atoms with Crippen LogP contribution in [0.5, 0.6) is 0 Å². The fourth-order valence-corrected chi connectivity index (χ4v) is 1.93. The van der Waals surface area contributed by atoms with Crippen molar-refractivity contribution >= 4 is 11.1 Å². The van der Waals surface area contributed by atoms with E-state index in [4.69, 9.17) is 4.55 Å². The van der Waals surface area contributed by atoms with Gasteiger partial charge in [0.25, 0.3) is 0 Å². The van der Waals surface area contributed by atoms with Crippen LogP contribution < -0.4 is 0 Å². The average molecular weight is 233 g/mol. The van der Waals surface area contributed by atoms with Crippen molar-refractivity contribution in [3.8, 4) is 11.3 Å². The molecule has 1 N–H and O–H groups in total. The maximum Gasteiger partial charge on any atom is 0.157 e. The SMILES string of the molecule is O=S(O)Cc1ccc(-c2ccccn2)cc1. The summed E-state index contributed by atoms with van der Waals surface area (Å²) in [4.78, 5) is 4.23. The van der Waals surface area contributed by atoms with E-state index in [9.17, 15) is 4.21 Å². The Labute approximate surface area is 96.5 Å². The van der Waals surface area contributed by atoms with Gasteiger partial charge in [0.1, 0.15) is 0 Å². The van der Waals surface area contributed by atoms with Crippen LogP contribution in [0.1, 0.15) is 5.56 Å². The van der Waals surface area contributed by atoms with Crippen molar-refractivity contribution in [1.82, 2.24) is 4.98 Å². The molecule has 3 nitrogen and oxygen atoms in total. The Kier molecular flexibility index (Phi) is 3.44. The van der Waals surface area contributed by atoms with E-state index in [0.29, 0.717) is 0 Å². The fraction of sp³-hybridized carbons (Fsp3) is 0.0833. The van der Waals surface area contributed by atoms with E-state index in [1.54, 1.807) is 6.20 Å². The molecule has 16 heavy (non-hydrogen) atoms. The van der Waals surface area contributed by atoms with Gasteiger partial charge < -0.3 is 4.55 Å². The van der Waals surface area contributed by atoms with E-state index in [1.165, 1.54) is 0 Å². The number of nitrogens with zero attached hydrogens (tertiary/aromatic N) is 1. The molecule has 0 amide bonds. The first-order valence-corrected chi connectivity index (χ1v) is 6.11. The van der Waals surface area contributed by atoms with Gasteiger partial charge in [-0.15, -0.1) is 0 Å². The Balaban J connectivity index is 2.23. The molecule has 82 valence electrons. The van der Waals surface area contributed by atoms with E-state index >= 15 is 0 Å². The highest BCUT2D eigenvalue weighted by atomic mass is 32.2. The van der Waals surface area contributed by atoms with Crippen LogP contribution in [-0.2, 0) is 16.8 Å². The standard InChI is InChI=1S/C12H11NO2S/c14-16(15)9-10-4-6-11(7-5-10)12-3-1-2-8-13-12/h1-8H,9H2,(H,14,15). The van der Waals surface area contributed by atoms with Gasteiger partial charge in [-0.1, -0.05) is 30.3 Å².